The molecule has 0 aliphatic heterocycles. The van der Waals surface area contributed by atoms with Gasteiger partial charge in [0.15, 0.2) is 11.5 Å². The van der Waals surface area contributed by atoms with Gasteiger partial charge in [-0.2, -0.15) is 5.26 Å². The molecule has 0 fully saturated rings. The number of nitrogens with zero attached hydrogens (tertiary/aromatic N) is 2. The number of para-hydroxylation sites is 2. The lowest BCUT2D eigenvalue weighted by Gasteiger charge is -2.10. The average molecular weight is 421 g/mol. The Morgan fingerprint density at radius 2 is 1.88 bits per heavy atom. The number of halogens is 2. The van der Waals surface area contributed by atoms with Crippen LogP contribution in [0.5, 0.6) is 11.5 Å². The van der Waals surface area contributed by atoms with Crippen LogP contribution in [0.4, 0.5) is 0 Å². The zero-order valence-corrected chi connectivity index (χ0v) is 15.9. The molecule has 2 aromatic carbocycles. The number of H-pyrrole nitrogens is 1. The molecule has 0 spiro atoms. The van der Waals surface area contributed by atoms with Crippen molar-refractivity contribution in [2.45, 2.75) is 0 Å². The number of methoxy groups -OCH3 is 2. The fourth-order valence-electron chi connectivity index (χ4n) is 2.37. The quantitative estimate of drug-likeness (QED) is 0.614. The van der Waals surface area contributed by atoms with Crippen LogP contribution in [0.1, 0.15) is 11.4 Å². The molecule has 1 N–H and O–H groups in total. The van der Waals surface area contributed by atoms with Crippen molar-refractivity contribution in [3.8, 4) is 17.6 Å². The third-order valence-electron chi connectivity index (χ3n) is 3.57. The Labute approximate surface area is 159 Å². The normalized spacial score (nSPS) is 10.9. The van der Waals surface area contributed by atoms with Gasteiger partial charge >= 0.3 is 0 Å². The number of aromatic amines is 1. The van der Waals surface area contributed by atoms with Crippen molar-refractivity contribution < 1.29 is 9.47 Å². The van der Waals surface area contributed by atoms with Crippen LogP contribution in [0.3, 0.4) is 0 Å². The maximum absolute atomic E-state index is 9.53. The predicted molar refractivity (Wildman–Crippen MR) is 104 cm³/mol. The number of benzene rings is 2. The van der Waals surface area contributed by atoms with E-state index in [0.29, 0.717) is 22.9 Å². The van der Waals surface area contributed by atoms with Crippen molar-refractivity contribution >= 4 is 51.0 Å². The van der Waals surface area contributed by atoms with Gasteiger partial charge in [-0.05, 0) is 35.9 Å². The summed E-state index contributed by atoms with van der Waals surface area (Å²) in [5.74, 6) is 1.73. The van der Waals surface area contributed by atoms with Gasteiger partial charge in [-0.25, -0.2) is 4.98 Å². The Hall–Kier alpha value is -2.49. The summed E-state index contributed by atoms with van der Waals surface area (Å²) < 4.78 is 11.4. The maximum Gasteiger partial charge on any atom is 0.161 e. The van der Waals surface area contributed by atoms with Crippen LogP contribution in [0, 0.1) is 11.3 Å². The van der Waals surface area contributed by atoms with Gasteiger partial charge in [-0.1, -0.05) is 28.1 Å². The molecule has 0 radical (unpaired) electrons. The molecule has 3 rings (SSSR count). The van der Waals surface area contributed by atoms with Crippen LogP contribution in [0.2, 0.25) is 0 Å². The minimum absolute atomic E-state index is 0. The first-order valence-corrected chi connectivity index (χ1v) is 7.94. The highest BCUT2D eigenvalue weighted by Crippen LogP contribution is 2.35. The van der Waals surface area contributed by atoms with E-state index in [-0.39, 0.29) is 12.4 Å². The number of rotatable bonds is 4. The Kier molecular flexibility index (Phi) is 6.07. The molecule has 128 valence electrons. The molecule has 5 nitrogen and oxygen atoms in total. The van der Waals surface area contributed by atoms with E-state index in [9.17, 15) is 5.26 Å². The van der Waals surface area contributed by atoms with Gasteiger partial charge in [0.2, 0.25) is 0 Å². The highest BCUT2D eigenvalue weighted by Gasteiger charge is 2.12. The number of ether oxygens (including phenoxy) is 2. The van der Waals surface area contributed by atoms with Crippen LogP contribution < -0.4 is 9.47 Å². The lowest BCUT2D eigenvalue weighted by Crippen LogP contribution is -1.92. The van der Waals surface area contributed by atoms with Crippen LogP contribution in [0.15, 0.2) is 40.9 Å². The van der Waals surface area contributed by atoms with Crippen LogP contribution in [-0.4, -0.2) is 24.2 Å². The lowest BCUT2D eigenvalue weighted by molar-refractivity contribution is 0.354. The van der Waals surface area contributed by atoms with Gasteiger partial charge in [0.25, 0.3) is 0 Å². The first kappa shape index (κ1) is 18.8. The molecular weight excluding hydrogens is 406 g/mol. The third kappa shape index (κ3) is 3.78. The topological polar surface area (TPSA) is 70.9 Å². The van der Waals surface area contributed by atoms with Crippen molar-refractivity contribution in [2.75, 3.05) is 14.2 Å². The van der Waals surface area contributed by atoms with Crippen molar-refractivity contribution in [3.05, 3.63) is 52.3 Å². The SMILES string of the molecule is COc1cc(Br)c(/C=C(\C#N)c2nc3ccccc3[nH]2)cc1OC.Cl. The monoisotopic (exact) mass is 419 g/mol. The van der Waals surface area contributed by atoms with Gasteiger partial charge in [0.1, 0.15) is 11.9 Å². The van der Waals surface area contributed by atoms with Crippen molar-refractivity contribution in [1.82, 2.24) is 9.97 Å². The standard InChI is InChI=1S/C18H14BrN3O2.ClH/c1-23-16-8-11(13(19)9-17(16)24-2)7-12(10-20)18-21-14-5-3-4-6-15(14)22-18;/h3-9H,1-2H3,(H,21,22);1H/b12-7+;. The maximum atomic E-state index is 9.53. The molecule has 0 saturated carbocycles. The minimum Gasteiger partial charge on any atom is -0.493 e. The van der Waals surface area contributed by atoms with E-state index in [4.69, 9.17) is 9.47 Å². The summed E-state index contributed by atoms with van der Waals surface area (Å²) in [5, 5.41) is 9.53. The van der Waals surface area contributed by atoms with Crippen molar-refractivity contribution in [1.29, 1.82) is 5.26 Å². The Bertz CT molecular complexity index is 943. The highest BCUT2D eigenvalue weighted by molar-refractivity contribution is 9.10. The predicted octanol–water partition coefficient (Wildman–Crippen LogP) is 4.83. The first-order valence-electron chi connectivity index (χ1n) is 7.14. The van der Waals surface area contributed by atoms with Gasteiger partial charge in [0.05, 0.1) is 30.8 Å². The number of nitrogens with one attached hydrogen (secondary N) is 1. The molecule has 25 heavy (non-hydrogen) atoms. The lowest BCUT2D eigenvalue weighted by atomic mass is 10.1. The van der Waals surface area contributed by atoms with Gasteiger partial charge < -0.3 is 14.5 Å². The second kappa shape index (κ2) is 8.06. The molecule has 0 aliphatic rings. The van der Waals surface area contributed by atoms with Crippen molar-refractivity contribution in [3.63, 3.8) is 0 Å². The molecule has 7 heteroatoms. The summed E-state index contributed by atoms with van der Waals surface area (Å²) in [6.07, 6.45) is 1.75. The second-order valence-electron chi connectivity index (χ2n) is 5.00. The largest absolute Gasteiger partial charge is 0.493 e. The molecule has 0 atom stereocenters. The molecule has 0 aliphatic carbocycles. The van der Waals surface area contributed by atoms with Crippen LogP contribution in [0.25, 0.3) is 22.7 Å². The fourth-order valence-corrected chi connectivity index (χ4v) is 2.81. The number of fused-ring (bicyclic) bond motifs is 1. The molecule has 0 amide bonds. The smallest absolute Gasteiger partial charge is 0.161 e. The number of hydrogen-bond acceptors (Lipinski definition) is 4. The van der Waals surface area contributed by atoms with Gasteiger partial charge in [-0.15, -0.1) is 12.4 Å². The number of allylic oxidation sites excluding steroid dienone is 1. The summed E-state index contributed by atoms with van der Waals surface area (Å²) in [7, 11) is 3.15. The van der Waals surface area contributed by atoms with E-state index < -0.39 is 0 Å². The van der Waals surface area contributed by atoms with E-state index in [0.717, 1.165) is 21.1 Å². The third-order valence-corrected chi connectivity index (χ3v) is 4.25. The molecular formula is C18H15BrClN3O2. The summed E-state index contributed by atoms with van der Waals surface area (Å²) in [5.41, 5.74) is 2.93. The van der Waals surface area contributed by atoms with E-state index in [1.165, 1.54) is 0 Å². The zero-order chi connectivity index (χ0) is 17.1. The Morgan fingerprint density at radius 1 is 1.20 bits per heavy atom. The average Bonchev–Trinajstić information content (AvgIpc) is 3.04. The summed E-state index contributed by atoms with van der Waals surface area (Å²) in [6.45, 7) is 0. The van der Waals surface area contributed by atoms with Crippen LogP contribution >= 0.6 is 28.3 Å². The van der Waals surface area contributed by atoms with E-state index in [2.05, 4.69) is 32.0 Å². The molecule has 0 unspecified atom stereocenters. The summed E-state index contributed by atoms with van der Waals surface area (Å²) in [6, 6.07) is 13.5. The van der Waals surface area contributed by atoms with E-state index >= 15 is 0 Å². The van der Waals surface area contributed by atoms with Gasteiger partial charge in [0, 0.05) is 4.47 Å². The number of aromatic nitrogens is 2. The minimum atomic E-state index is 0. The Morgan fingerprint density at radius 3 is 2.52 bits per heavy atom. The second-order valence-corrected chi connectivity index (χ2v) is 5.86. The van der Waals surface area contributed by atoms with Crippen LogP contribution in [-0.2, 0) is 0 Å². The number of imidazole rings is 1. The molecule has 0 saturated heterocycles. The van der Waals surface area contributed by atoms with E-state index in [1.807, 2.05) is 30.3 Å². The first-order chi connectivity index (χ1) is 11.7. The molecule has 1 aromatic heterocycles. The summed E-state index contributed by atoms with van der Waals surface area (Å²) >= 11 is 3.50. The molecule has 1 heterocycles. The molecule has 3 aromatic rings. The molecule has 0 bridgehead atoms. The summed E-state index contributed by atoms with van der Waals surface area (Å²) in [4.78, 5) is 7.63. The van der Waals surface area contributed by atoms with Crippen molar-refractivity contribution in [2.24, 2.45) is 0 Å². The number of nitriles is 1. The zero-order valence-electron chi connectivity index (χ0n) is 13.5. The Balaban J connectivity index is 0.00000225. The van der Waals surface area contributed by atoms with Gasteiger partial charge in [-0.3, -0.25) is 0 Å². The fraction of sp³-hybridized carbons (Fsp3) is 0.111. The van der Waals surface area contributed by atoms with E-state index in [1.54, 1.807) is 26.4 Å². The number of hydrogen-bond donors (Lipinski definition) is 1. The highest BCUT2D eigenvalue weighted by atomic mass is 79.9.